The predicted molar refractivity (Wildman–Crippen MR) is 80.5 cm³/mol. The van der Waals surface area contributed by atoms with Crippen molar-refractivity contribution in [1.82, 2.24) is 5.32 Å². The van der Waals surface area contributed by atoms with Gasteiger partial charge in [-0.25, -0.2) is 0 Å². The van der Waals surface area contributed by atoms with Gasteiger partial charge in [-0.05, 0) is 37.0 Å². The van der Waals surface area contributed by atoms with E-state index in [0.717, 1.165) is 17.4 Å². The first kappa shape index (κ1) is 14.8. The number of aliphatic hydroxyl groups excluding tert-OH is 1. The fourth-order valence-electron chi connectivity index (χ4n) is 2.90. The topological polar surface area (TPSA) is 32.3 Å². The van der Waals surface area contributed by atoms with Crippen molar-refractivity contribution >= 4 is 11.6 Å². The summed E-state index contributed by atoms with van der Waals surface area (Å²) in [6, 6.07) is 8.12. The highest BCUT2D eigenvalue weighted by molar-refractivity contribution is 6.30. The van der Waals surface area contributed by atoms with E-state index in [-0.39, 0.29) is 12.1 Å². The molecule has 2 rings (SSSR count). The summed E-state index contributed by atoms with van der Waals surface area (Å²) >= 11 is 5.88. The number of hydrogen-bond acceptors (Lipinski definition) is 2. The van der Waals surface area contributed by atoms with Gasteiger partial charge in [-0.3, -0.25) is 0 Å². The lowest BCUT2D eigenvalue weighted by atomic mass is 10.00. The van der Waals surface area contributed by atoms with Crippen LogP contribution in [-0.2, 0) is 0 Å². The Balaban J connectivity index is 1.73. The van der Waals surface area contributed by atoms with Crippen LogP contribution in [-0.4, -0.2) is 17.8 Å². The molecular formula is C16H24ClNO. The molecule has 0 aliphatic heterocycles. The maximum atomic E-state index is 10.1. The molecule has 1 fully saturated rings. The van der Waals surface area contributed by atoms with E-state index in [4.69, 9.17) is 11.6 Å². The van der Waals surface area contributed by atoms with Crippen LogP contribution in [0.2, 0.25) is 5.02 Å². The third kappa shape index (κ3) is 4.79. The molecule has 0 heterocycles. The van der Waals surface area contributed by atoms with Gasteiger partial charge in [-0.2, -0.15) is 0 Å². The molecule has 0 spiro atoms. The lowest BCUT2D eigenvalue weighted by Gasteiger charge is -2.19. The molecule has 1 aromatic rings. The molecule has 0 amide bonds. The second-order valence-electron chi connectivity index (χ2n) is 5.72. The second kappa shape index (κ2) is 7.28. The number of halogens is 1. The Morgan fingerprint density at radius 2 is 1.89 bits per heavy atom. The Hall–Kier alpha value is -0.570. The van der Waals surface area contributed by atoms with Gasteiger partial charge in [0.15, 0.2) is 0 Å². The molecule has 1 saturated carbocycles. The smallest absolute Gasteiger partial charge is 0.0667 e. The average Bonchev–Trinajstić information content (AvgIpc) is 2.89. The van der Waals surface area contributed by atoms with Crippen molar-refractivity contribution in [2.75, 3.05) is 6.54 Å². The quantitative estimate of drug-likeness (QED) is 0.828. The van der Waals surface area contributed by atoms with E-state index in [0.29, 0.717) is 6.54 Å². The lowest BCUT2D eigenvalue weighted by Crippen LogP contribution is -2.30. The summed E-state index contributed by atoms with van der Waals surface area (Å²) in [5.74, 6) is 0.739. The van der Waals surface area contributed by atoms with Gasteiger partial charge in [-0.1, -0.05) is 49.4 Å². The van der Waals surface area contributed by atoms with E-state index in [9.17, 15) is 5.11 Å². The van der Waals surface area contributed by atoms with Gasteiger partial charge in [0.25, 0.3) is 0 Å². The Kier molecular flexibility index (Phi) is 5.68. The molecule has 1 unspecified atom stereocenters. The fraction of sp³-hybridized carbons (Fsp3) is 0.625. The van der Waals surface area contributed by atoms with Crippen molar-refractivity contribution in [3.8, 4) is 0 Å². The standard InChI is InChI=1S/C16H24ClNO/c1-12(14-6-8-15(17)9-7-14)18-11-16(19)10-13-4-2-3-5-13/h6-9,12-13,16,18-19H,2-5,10-11H2,1H3/t12-,16?/m0/s1. The summed E-state index contributed by atoms with van der Waals surface area (Å²) in [6.45, 7) is 2.78. The van der Waals surface area contributed by atoms with Crippen LogP contribution in [0.25, 0.3) is 0 Å². The zero-order valence-electron chi connectivity index (χ0n) is 11.6. The summed E-state index contributed by atoms with van der Waals surface area (Å²) in [7, 11) is 0. The molecule has 19 heavy (non-hydrogen) atoms. The molecule has 3 heteroatoms. The summed E-state index contributed by atoms with van der Waals surface area (Å²) in [5.41, 5.74) is 1.21. The number of rotatable bonds is 6. The molecule has 0 bridgehead atoms. The van der Waals surface area contributed by atoms with Crippen LogP contribution in [0.4, 0.5) is 0 Å². The Labute approximate surface area is 121 Å². The van der Waals surface area contributed by atoms with E-state index in [1.165, 1.54) is 31.2 Å². The summed E-state index contributed by atoms with van der Waals surface area (Å²) in [4.78, 5) is 0. The first-order chi connectivity index (χ1) is 9.15. The normalized spacial score (nSPS) is 19.5. The molecule has 2 N–H and O–H groups in total. The van der Waals surface area contributed by atoms with Crippen LogP contribution in [0, 0.1) is 5.92 Å². The molecule has 2 atom stereocenters. The van der Waals surface area contributed by atoms with Crippen molar-refractivity contribution in [1.29, 1.82) is 0 Å². The van der Waals surface area contributed by atoms with Crippen molar-refractivity contribution in [2.45, 2.75) is 51.2 Å². The molecule has 0 radical (unpaired) electrons. The van der Waals surface area contributed by atoms with Crippen molar-refractivity contribution < 1.29 is 5.11 Å². The number of aliphatic hydroxyl groups is 1. The van der Waals surface area contributed by atoms with Crippen molar-refractivity contribution in [3.05, 3.63) is 34.9 Å². The first-order valence-corrected chi connectivity index (χ1v) is 7.70. The maximum absolute atomic E-state index is 10.1. The zero-order chi connectivity index (χ0) is 13.7. The zero-order valence-corrected chi connectivity index (χ0v) is 12.4. The van der Waals surface area contributed by atoms with Crippen LogP contribution in [0.15, 0.2) is 24.3 Å². The largest absolute Gasteiger partial charge is 0.392 e. The predicted octanol–water partition coefficient (Wildman–Crippen LogP) is 3.93. The maximum Gasteiger partial charge on any atom is 0.0667 e. The molecule has 0 aromatic heterocycles. The average molecular weight is 282 g/mol. The summed E-state index contributed by atoms with van der Waals surface area (Å²) in [6.07, 6.45) is 5.99. The third-order valence-electron chi connectivity index (χ3n) is 4.11. The number of hydrogen-bond donors (Lipinski definition) is 2. The molecule has 2 nitrogen and oxygen atoms in total. The lowest BCUT2D eigenvalue weighted by molar-refractivity contribution is 0.137. The van der Waals surface area contributed by atoms with Gasteiger partial charge in [0.05, 0.1) is 6.10 Å². The van der Waals surface area contributed by atoms with Crippen molar-refractivity contribution in [2.24, 2.45) is 5.92 Å². The molecule has 1 aromatic carbocycles. The minimum atomic E-state index is -0.224. The molecule has 1 aliphatic rings. The van der Waals surface area contributed by atoms with Crippen molar-refractivity contribution in [3.63, 3.8) is 0 Å². The fourth-order valence-corrected chi connectivity index (χ4v) is 3.02. The van der Waals surface area contributed by atoms with Gasteiger partial charge in [0.2, 0.25) is 0 Å². The number of nitrogens with one attached hydrogen (secondary N) is 1. The highest BCUT2D eigenvalue weighted by Gasteiger charge is 2.19. The highest BCUT2D eigenvalue weighted by Crippen LogP contribution is 2.28. The monoisotopic (exact) mass is 281 g/mol. The van der Waals surface area contributed by atoms with Gasteiger partial charge < -0.3 is 10.4 Å². The minimum absolute atomic E-state index is 0.224. The van der Waals surface area contributed by atoms with Gasteiger partial charge in [0.1, 0.15) is 0 Å². The van der Waals surface area contributed by atoms with Gasteiger partial charge in [0, 0.05) is 17.6 Å². The first-order valence-electron chi connectivity index (χ1n) is 7.32. The highest BCUT2D eigenvalue weighted by atomic mass is 35.5. The van der Waals surface area contributed by atoms with E-state index < -0.39 is 0 Å². The molecule has 1 aliphatic carbocycles. The third-order valence-corrected chi connectivity index (χ3v) is 4.36. The van der Waals surface area contributed by atoms with Crippen LogP contribution in [0.5, 0.6) is 0 Å². The van der Waals surface area contributed by atoms with E-state index in [2.05, 4.69) is 12.2 Å². The van der Waals surface area contributed by atoms with Gasteiger partial charge >= 0.3 is 0 Å². The molecular weight excluding hydrogens is 258 g/mol. The molecule has 0 saturated heterocycles. The van der Waals surface area contributed by atoms with E-state index >= 15 is 0 Å². The van der Waals surface area contributed by atoms with Crippen LogP contribution >= 0.6 is 11.6 Å². The second-order valence-corrected chi connectivity index (χ2v) is 6.16. The van der Waals surface area contributed by atoms with Crippen LogP contribution < -0.4 is 5.32 Å². The Morgan fingerprint density at radius 1 is 1.26 bits per heavy atom. The Bertz CT molecular complexity index is 373. The van der Waals surface area contributed by atoms with Gasteiger partial charge in [-0.15, -0.1) is 0 Å². The Morgan fingerprint density at radius 3 is 2.53 bits per heavy atom. The minimum Gasteiger partial charge on any atom is -0.392 e. The van der Waals surface area contributed by atoms with E-state index in [1.807, 2.05) is 24.3 Å². The van der Waals surface area contributed by atoms with Crippen LogP contribution in [0.1, 0.15) is 50.6 Å². The van der Waals surface area contributed by atoms with Crippen LogP contribution in [0.3, 0.4) is 0 Å². The summed E-state index contributed by atoms with van der Waals surface area (Å²) in [5, 5.41) is 14.2. The van der Waals surface area contributed by atoms with E-state index in [1.54, 1.807) is 0 Å². The number of benzene rings is 1. The SMILES string of the molecule is C[C@H](NCC(O)CC1CCCC1)c1ccc(Cl)cc1. The molecule has 106 valence electrons. The summed E-state index contributed by atoms with van der Waals surface area (Å²) < 4.78 is 0.